The van der Waals surface area contributed by atoms with Crippen LogP contribution < -0.4 is 10.1 Å². The highest BCUT2D eigenvalue weighted by Gasteiger charge is 2.10. The molecule has 1 aromatic heterocycles. The summed E-state index contributed by atoms with van der Waals surface area (Å²) in [5.41, 5.74) is 1.93. The Morgan fingerprint density at radius 3 is 2.75 bits per heavy atom. The maximum atomic E-state index is 12.0. The lowest BCUT2D eigenvalue weighted by atomic mass is 10.1. The highest BCUT2D eigenvalue weighted by molar-refractivity contribution is 5.79. The van der Waals surface area contributed by atoms with Crippen LogP contribution in [0.4, 0.5) is 0 Å². The van der Waals surface area contributed by atoms with Gasteiger partial charge in [0.1, 0.15) is 5.75 Å². The summed E-state index contributed by atoms with van der Waals surface area (Å²) < 4.78 is 5.37. The molecule has 2 rings (SSSR count). The Morgan fingerprint density at radius 2 is 2.15 bits per heavy atom. The van der Waals surface area contributed by atoms with Crippen LogP contribution in [0.15, 0.2) is 36.7 Å². The van der Waals surface area contributed by atoms with Crippen molar-refractivity contribution in [2.24, 2.45) is 0 Å². The predicted octanol–water partition coefficient (Wildman–Crippen LogP) is 2.23. The molecule has 1 aromatic carbocycles. The van der Waals surface area contributed by atoms with Gasteiger partial charge in [-0.05, 0) is 31.5 Å². The highest BCUT2D eigenvalue weighted by atomic mass is 16.5. The van der Waals surface area contributed by atoms with Crippen LogP contribution in [0, 0.1) is 0 Å². The maximum absolute atomic E-state index is 12.0. The monoisotopic (exact) mass is 273 g/mol. The first-order chi connectivity index (χ1) is 9.69. The zero-order valence-corrected chi connectivity index (χ0v) is 11.7. The third-order valence-electron chi connectivity index (χ3n) is 3.00. The zero-order valence-electron chi connectivity index (χ0n) is 11.7. The summed E-state index contributed by atoms with van der Waals surface area (Å²) in [4.78, 5) is 12.0. The van der Waals surface area contributed by atoms with Crippen LogP contribution in [0.5, 0.6) is 5.75 Å². The molecule has 20 heavy (non-hydrogen) atoms. The van der Waals surface area contributed by atoms with Crippen LogP contribution in [-0.2, 0) is 11.2 Å². The van der Waals surface area contributed by atoms with E-state index in [0.29, 0.717) is 13.0 Å². The summed E-state index contributed by atoms with van der Waals surface area (Å²) >= 11 is 0. The molecule has 0 bridgehead atoms. The number of carbonyl (C=O) groups excluding carboxylic acids is 1. The van der Waals surface area contributed by atoms with Crippen molar-refractivity contribution in [1.82, 2.24) is 15.5 Å². The second-order valence-electron chi connectivity index (χ2n) is 4.57. The molecule has 5 nitrogen and oxygen atoms in total. The van der Waals surface area contributed by atoms with Crippen LogP contribution in [0.2, 0.25) is 0 Å². The van der Waals surface area contributed by atoms with Crippen molar-refractivity contribution < 1.29 is 9.53 Å². The fraction of sp³-hybridized carbons (Fsp3) is 0.333. The third kappa shape index (κ3) is 3.85. The molecule has 106 valence electrons. The van der Waals surface area contributed by atoms with E-state index in [9.17, 15) is 4.79 Å². The van der Waals surface area contributed by atoms with E-state index in [-0.39, 0.29) is 11.9 Å². The number of carbonyl (C=O) groups is 1. The number of amides is 1. The number of ether oxygens (including phenoxy) is 1. The van der Waals surface area contributed by atoms with E-state index in [1.807, 2.05) is 38.1 Å². The molecule has 1 atom stereocenters. The average molecular weight is 273 g/mol. The van der Waals surface area contributed by atoms with Gasteiger partial charge in [-0.3, -0.25) is 9.89 Å². The van der Waals surface area contributed by atoms with Crippen LogP contribution in [0.1, 0.15) is 31.0 Å². The molecule has 2 N–H and O–H groups in total. The molecular weight excluding hydrogens is 254 g/mol. The van der Waals surface area contributed by atoms with Crippen molar-refractivity contribution in [3.8, 4) is 5.75 Å². The summed E-state index contributed by atoms with van der Waals surface area (Å²) in [6.45, 7) is 4.52. The Hall–Kier alpha value is -2.30. The van der Waals surface area contributed by atoms with Gasteiger partial charge in [-0.1, -0.05) is 12.1 Å². The molecule has 0 radical (unpaired) electrons. The SMILES string of the molecule is CCOc1ccc(CC(=O)NC(C)c2cn[nH]c2)cc1. The minimum absolute atomic E-state index is 0.0112. The van der Waals surface area contributed by atoms with Crippen molar-refractivity contribution >= 4 is 5.91 Å². The lowest BCUT2D eigenvalue weighted by Crippen LogP contribution is -2.27. The van der Waals surface area contributed by atoms with Crippen molar-refractivity contribution in [3.05, 3.63) is 47.8 Å². The molecule has 0 aliphatic heterocycles. The molecule has 1 amide bonds. The van der Waals surface area contributed by atoms with E-state index >= 15 is 0 Å². The lowest BCUT2D eigenvalue weighted by molar-refractivity contribution is -0.121. The summed E-state index contributed by atoms with van der Waals surface area (Å²) in [6, 6.07) is 7.53. The van der Waals surface area contributed by atoms with E-state index in [4.69, 9.17) is 4.74 Å². The van der Waals surface area contributed by atoms with Crippen LogP contribution >= 0.6 is 0 Å². The second kappa shape index (κ2) is 6.75. The Balaban J connectivity index is 1.87. The van der Waals surface area contributed by atoms with E-state index < -0.39 is 0 Å². The van der Waals surface area contributed by atoms with Gasteiger partial charge in [-0.25, -0.2) is 0 Å². The van der Waals surface area contributed by atoms with Gasteiger partial charge in [0.05, 0.1) is 25.3 Å². The van der Waals surface area contributed by atoms with Crippen LogP contribution in [0.25, 0.3) is 0 Å². The fourth-order valence-electron chi connectivity index (χ4n) is 1.93. The van der Waals surface area contributed by atoms with Crippen molar-refractivity contribution in [2.45, 2.75) is 26.3 Å². The van der Waals surface area contributed by atoms with E-state index in [0.717, 1.165) is 16.9 Å². The van der Waals surface area contributed by atoms with Gasteiger partial charge in [0.15, 0.2) is 0 Å². The number of nitrogens with zero attached hydrogens (tertiary/aromatic N) is 1. The molecule has 1 unspecified atom stereocenters. The number of nitrogens with one attached hydrogen (secondary N) is 2. The van der Waals surface area contributed by atoms with Crippen LogP contribution in [-0.4, -0.2) is 22.7 Å². The first-order valence-corrected chi connectivity index (χ1v) is 6.69. The quantitative estimate of drug-likeness (QED) is 0.848. The molecule has 0 aliphatic carbocycles. The van der Waals surface area contributed by atoms with Crippen molar-refractivity contribution in [1.29, 1.82) is 0 Å². The first-order valence-electron chi connectivity index (χ1n) is 6.69. The van der Waals surface area contributed by atoms with E-state index in [1.54, 1.807) is 12.4 Å². The standard InChI is InChI=1S/C15H19N3O2/c1-3-20-14-6-4-12(5-7-14)8-15(19)18-11(2)13-9-16-17-10-13/h4-7,9-11H,3,8H2,1-2H3,(H,16,17)(H,18,19). The van der Waals surface area contributed by atoms with Gasteiger partial charge >= 0.3 is 0 Å². The summed E-state index contributed by atoms with van der Waals surface area (Å²) in [7, 11) is 0. The Bertz CT molecular complexity index is 535. The third-order valence-corrected chi connectivity index (χ3v) is 3.00. The number of hydrogen-bond acceptors (Lipinski definition) is 3. The molecule has 0 saturated heterocycles. The highest BCUT2D eigenvalue weighted by Crippen LogP contribution is 2.13. The Labute approximate surface area is 118 Å². The summed E-state index contributed by atoms with van der Waals surface area (Å²) in [5, 5.41) is 9.55. The molecule has 0 fully saturated rings. The normalized spacial score (nSPS) is 11.9. The lowest BCUT2D eigenvalue weighted by Gasteiger charge is -2.12. The van der Waals surface area contributed by atoms with E-state index in [1.165, 1.54) is 0 Å². The number of aromatic nitrogens is 2. The Morgan fingerprint density at radius 1 is 1.40 bits per heavy atom. The van der Waals surface area contributed by atoms with Gasteiger partial charge < -0.3 is 10.1 Å². The van der Waals surface area contributed by atoms with E-state index in [2.05, 4.69) is 15.5 Å². The van der Waals surface area contributed by atoms with Crippen molar-refractivity contribution in [3.63, 3.8) is 0 Å². The van der Waals surface area contributed by atoms with Gasteiger partial charge in [-0.15, -0.1) is 0 Å². The minimum Gasteiger partial charge on any atom is -0.494 e. The van der Waals surface area contributed by atoms with Gasteiger partial charge in [0.2, 0.25) is 5.91 Å². The minimum atomic E-state index is -0.0519. The largest absolute Gasteiger partial charge is 0.494 e. The van der Waals surface area contributed by atoms with Crippen molar-refractivity contribution in [2.75, 3.05) is 6.61 Å². The molecular formula is C15H19N3O2. The molecule has 0 spiro atoms. The zero-order chi connectivity index (χ0) is 14.4. The molecule has 0 saturated carbocycles. The topological polar surface area (TPSA) is 67.0 Å². The summed E-state index contributed by atoms with van der Waals surface area (Å²) in [6.07, 6.45) is 3.85. The number of H-pyrrole nitrogens is 1. The smallest absolute Gasteiger partial charge is 0.224 e. The number of rotatable bonds is 6. The van der Waals surface area contributed by atoms with Gasteiger partial charge in [0.25, 0.3) is 0 Å². The van der Waals surface area contributed by atoms with Gasteiger partial charge in [-0.2, -0.15) is 5.10 Å². The van der Waals surface area contributed by atoms with Gasteiger partial charge in [0, 0.05) is 11.8 Å². The first kappa shape index (κ1) is 14.1. The number of hydrogen-bond donors (Lipinski definition) is 2. The van der Waals surface area contributed by atoms with Crippen LogP contribution in [0.3, 0.4) is 0 Å². The average Bonchev–Trinajstić information content (AvgIpc) is 2.95. The molecule has 2 aromatic rings. The molecule has 1 heterocycles. The maximum Gasteiger partial charge on any atom is 0.224 e. The molecule has 5 heteroatoms. The Kier molecular flexibility index (Phi) is 4.76. The number of aromatic amines is 1. The predicted molar refractivity (Wildman–Crippen MR) is 76.5 cm³/mol. The fourth-order valence-corrected chi connectivity index (χ4v) is 1.93. The second-order valence-corrected chi connectivity index (χ2v) is 4.57. The summed E-state index contributed by atoms with van der Waals surface area (Å²) in [5.74, 6) is 0.811. The number of benzene rings is 1. The molecule has 0 aliphatic rings.